The Kier molecular flexibility index (Phi) is 5.69. The Morgan fingerprint density at radius 3 is 2.50 bits per heavy atom. The number of halogens is 3. The summed E-state index contributed by atoms with van der Waals surface area (Å²) in [6.45, 7) is 6.09. The van der Waals surface area contributed by atoms with Gasteiger partial charge in [-0.3, -0.25) is 4.79 Å². The van der Waals surface area contributed by atoms with Crippen molar-refractivity contribution in [2.24, 2.45) is 5.92 Å². The molecule has 1 aromatic carbocycles. The highest BCUT2D eigenvalue weighted by molar-refractivity contribution is 8.00. The molecule has 2 aromatic rings. The van der Waals surface area contributed by atoms with Gasteiger partial charge in [-0.1, -0.05) is 43.8 Å². The molecule has 0 fully saturated rings. The summed E-state index contributed by atoms with van der Waals surface area (Å²) in [6, 6.07) is 6.46. The van der Waals surface area contributed by atoms with Gasteiger partial charge in [0.25, 0.3) is 0 Å². The van der Waals surface area contributed by atoms with Gasteiger partial charge in [0.15, 0.2) is 0 Å². The van der Waals surface area contributed by atoms with Crippen molar-refractivity contribution in [2.75, 3.05) is 6.54 Å². The third kappa shape index (κ3) is 4.59. The molecule has 1 amide bonds. The van der Waals surface area contributed by atoms with Gasteiger partial charge in [0.1, 0.15) is 5.03 Å². The molecule has 24 heavy (non-hydrogen) atoms. The number of carbonyl (C=O) groups is 1. The molecular formula is C16H18F3N3OS. The SMILES string of the molecule is CC(C)CNC(=O)[C@@H](C)Sc1nc(C(F)(F)F)nc2ccccc12. The topological polar surface area (TPSA) is 54.9 Å². The molecule has 0 saturated carbocycles. The zero-order valence-electron chi connectivity index (χ0n) is 13.5. The fraction of sp³-hybridized carbons (Fsp3) is 0.438. The van der Waals surface area contributed by atoms with Crippen molar-refractivity contribution in [1.82, 2.24) is 15.3 Å². The maximum atomic E-state index is 13.0. The third-order valence-electron chi connectivity index (χ3n) is 3.16. The third-order valence-corrected chi connectivity index (χ3v) is 4.27. The van der Waals surface area contributed by atoms with Crippen LogP contribution < -0.4 is 5.32 Å². The number of carbonyl (C=O) groups excluding carboxylic acids is 1. The van der Waals surface area contributed by atoms with E-state index in [0.717, 1.165) is 11.8 Å². The molecule has 0 spiro atoms. The van der Waals surface area contributed by atoms with Crippen LogP contribution in [0.25, 0.3) is 10.9 Å². The van der Waals surface area contributed by atoms with Crippen molar-refractivity contribution in [1.29, 1.82) is 0 Å². The molecule has 0 aliphatic heterocycles. The van der Waals surface area contributed by atoms with Crippen LogP contribution in [0.15, 0.2) is 29.3 Å². The van der Waals surface area contributed by atoms with Gasteiger partial charge in [-0.25, -0.2) is 9.97 Å². The monoisotopic (exact) mass is 357 g/mol. The number of thioether (sulfide) groups is 1. The summed E-state index contributed by atoms with van der Waals surface area (Å²) < 4.78 is 39.0. The van der Waals surface area contributed by atoms with E-state index in [-0.39, 0.29) is 16.4 Å². The highest BCUT2D eigenvalue weighted by atomic mass is 32.2. The normalized spacial score (nSPS) is 13.3. The summed E-state index contributed by atoms with van der Waals surface area (Å²) in [5, 5.41) is 2.86. The van der Waals surface area contributed by atoms with Crippen LogP contribution >= 0.6 is 11.8 Å². The highest BCUT2D eigenvalue weighted by Crippen LogP contribution is 2.33. The van der Waals surface area contributed by atoms with E-state index in [1.165, 1.54) is 6.07 Å². The maximum Gasteiger partial charge on any atom is 0.451 e. The Labute approximate surface area is 142 Å². The van der Waals surface area contributed by atoms with E-state index >= 15 is 0 Å². The number of nitrogens with one attached hydrogen (secondary N) is 1. The number of aromatic nitrogens is 2. The lowest BCUT2D eigenvalue weighted by molar-refractivity contribution is -0.145. The molecule has 1 N–H and O–H groups in total. The number of para-hydroxylation sites is 1. The molecule has 1 atom stereocenters. The average molecular weight is 357 g/mol. The molecule has 130 valence electrons. The summed E-state index contributed by atoms with van der Waals surface area (Å²) in [4.78, 5) is 19.3. The number of rotatable bonds is 5. The number of alkyl halides is 3. The fourth-order valence-corrected chi connectivity index (χ4v) is 2.90. The first-order valence-electron chi connectivity index (χ1n) is 7.47. The van der Waals surface area contributed by atoms with Gasteiger partial charge in [-0.2, -0.15) is 13.2 Å². The second kappa shape index (κ2) is 7.38. The molecule has 0 unspecified atom stereocenters. The van der Waals surface area contributed by atoms with Crippen LogP contribution in [-0.2, 0) is 11.0 Å². The van der Waals surface area contributed by atoms with Gasteiger partial charge in [-0.05, 0) is 18.9 Å². The van der Waals surface area contributed by atoms with Crippen molar-refractivity contribution in [3.8, 4) is 0 Å². The second-order valence-electron chi connectivity index (χ2n) is 5.77. The standard InChI is InChI=1S/C16H18F3N3OS/c1-9(2)8-20-13(23)10(3)24-14-11-6-4-5-7-12(11)21-15(22-14)16(17,18)19/h4-7,9-10H,8H2,1-3H3,(H,20,23)/t10-/m1/s1. The summed E-state index contributed by atoms with van der Waals surface area (Å²) in [5.74, 6) is -1.13. The number of amides is 1. The van der Waals surface area contributed by atoms with Gasteiger partial charge < -0.3 is 5.32 Å². The van der Waals surface area contributed by atoms with E-state index in [1.807, 2.05) is 13.8 Å². The Morgan fingerprint density at radius 2 is 1.88 bits per heavy atom. The van der Waals surface area contributed by atoms with Crippen molar-refractivity contribution in [2.45, 2.75) is 37.2 Å². The zero-order valence-corrected chi connectivity index (χ0v) is 14.3. The number of nitrogens with zero attached hydrogens (tertiary/aromatic N) is 2. The molecular weight excluding hydrogens is 339 g/mol. The van der Waals surface area contributed by atoms with Gasteiger partial charge >= 0.3 is 6.18 Å². The summed E-state index contributed by atoms with van der Waals surface area (Å²) in [6.07, 6.45) is -4.64. The van der Waals surface area contributed by atoms with E-state index in [9.17, 15) is 18.0 Å². The minimum atomic E-state index is -4.64. The summed E-state index contributed by atoms with van der Waals surface area (Å²) >= 11 is 1.000. The first kappa shape index (κ1) is 18.5. The van der Waals surface area contributed by atoms with Crippen molar-refractivity contribution in [3.05, 3.63) is 30.1 Å². The van der Waals surface area contributed by atoms with E-state index < -0.39 is 17.3 Å². The Morgan fingerprint density at radius 1 is 1.21 bits per heavy atom. The minimum Gasteiger partial charge on any atom is -0.355 e. The highest BCUT2D eigenvalue weighted by Gasteiger charge is 2.35. The van der Waals surface area contributed by atoms with E-state index in [1.54, 1.807) is 25.1 Å². The molecule has 0 bridgehead atoms. The van der Waals surface area contributed by atoms with Crippen molar-refractivity contribution in [3.63, 3.8) is 0 Å². The van der Waals surface area contributed by atoms with Crippen LogP contribution in [0.1, 0.15) is 26.6 Å². The van der Waals surface area contributed by atoms with Crippen LogP contribution in [-0.4, -0.2) is 27.7 Å². The quantitative estimate of drug-likeness (QED) is 0.651. The molecule has 4 nitrogen and oxygen atoms in total. The fourth-order valence-electron chi connectivity index (χ4n) is 1.93. The lowest BCUT2D eigenvalue weighted by Gasteiger charge is -2.15. The molecule has 8 heteroatoms. The minimum absolute atomic E-state index is 0.153. The van der Waals surface area contributed by atoms with Crippen LogP contribution in [0, 0.1) is 5.92 Å². The lowest BCUT2D eigenvalue weighted by atomic mass is 10.2. The Bertz CT molecular complexity index is 734. The van der Waals surface area contributed by atoms with Crippen molar-refractivity contribution >= 4 is 28.6 Å². The summed E-state index contributed by atoms with van der Waals surface area (Å²) in [7, 11) is 0. The first-order valence-corrected chi connectivity index (χ1v) is 8.34. The smallest absolute Gasteiger partial charge is 0.355 e. The van der Waals surface area contributed by atoms with Crippen LogP contribution in [0.2, 0.25) is 0 Å². The average Bonchev–Trinajstić information content (AvgIpc) is 2.51. The number of fused-ring (bicyclic) bond motifs is 1. The lowest BCUT2D eigenvalue weighted by Crippen LogP contribution is -2.33. The second-order valence-corrected chi connectivity index (χ2v) is 7.10. The van der Waals surface area contributed by atoms with Gasteiger partial charge in [0.2, 0.25) is 11.7 Å². The van der Waals surface area contributed by atoms with E-state index in [0.29, 0.717) is 17.8 Å². The molecule has 1 aromatic heterocycles. The molecule has 0 aliphatic carbocycles. The molecule has 0 aliphatic rings. The van der Waals surface area contributed by atoms with Gasteiger partial charge in [0.05, 0.1) is 10.8 Å². The van der Waals surface area contributed by atoms with Crippen LogP contribution in [0.4, 0.5) is 13.2 Å². The van der Waals surface area contributed by atoms with Crippen LogP contribution in [0.3, 0.4) is 0 Å². The number of benzene rings is 1. The molecule has 0 saturated heterocycles. The maximum absolute atomic E-state index is 13.0. The summed E-state index contributed by atoms with van der Waals surface area (Å²) in [5.41, 5.74) is 0.206. The van der Waals surface area contributed by atoms with Gasteiger partial charge in [0, 0.05) is 11.9 Å². The predicted molar refractivity (Wildman–Crippen MR) is 87.7 cm³/mol. The van der Waals surface area contributed by atoms with Crippen LogP contribution in [0.5, 0.6) is 0 Å². The van der Waals surface area contributed by atoms with E-state index in [2.05, 4.69) is 15.3 Å². The zero-order chi connectivity index (χ0) is 17.9. The van der Waals surface area contributed by atoms with Crippen molar-refractivity contribution < 1.29 is 18.0 Å². The first-order chi connectivity index (χ1) is 11.2. The van der Waals surface area contributed by atoms with Gasteiger partial charge in [-0.15, -0.1) is 0 Å². The predicted octanol–water partition coefficient (Wildman–Crippen LogP) is 3.90. The molecule has 0 radical (unpaired) electrons. The van der Waals surface area contributed by atoms with E-state index in [4.69, 9.17) is 0 Å². The largest absolute Gasteiger partial charge is 0.451 e. The molecule has 2 rings (SSSR count). The Hall–Kier alpha value is -1.83. The number of hydrogen-bond acceptors (Lipinski definition) is 4. The molecule has 1 heterocycles. The number of hydrogen-bond donors (Lipinski definition) is 1. The Balaban J connectivity index is 2.31.